The monoisotopic (exact) mass is 402 g/mol. The van der Waals surface area contributed by atoms with Gasteiger partial charge in [0.2, 0.25) is 0 Å². The molecule has 0 heterocycles. The molecule has 2 rings (SSSR count). The van der Waals surface area contributed by atoms with Gasteiger partial charge in [0.15, 0.2) is 5.78 Å². The quantitative estimate of drug-likeness (QED) is 0.396. The maximum Gasteiger partial charge on any atom is 0.193 e. The zero-order valence-corrected chi connectivity index (χ0v) is 16.8. The normalized spacial score (nSPS) is 12.9. The summed E-state index contributed by atoms with van der Waals surface area (Å²) in [4.78, 5) is 12.7. The van der Waals surface area contributed by atoms with Gasteiger partial charge in [-0.1, -0.05) is 18.2 Å². The summed E-state index contributed by atoms with van der Waals surface area (Å²) in [5.74, 6) is -1.20. The highest BCUT2D eigenvalue weighted by molar-refractivity contribution is 6.11. The number of aliphatic hydroxyl groups is 1. The van der Waals surface area contributed by atoms with E-state index < -0.39 is 23.2 Å². The van der Waals surface area contributed by atoms with Crippen LogP contribution in [0.3, 0.4) is 0 Å². The van der Waals surface area contributed by atoms with E-state index in [2.05, 4.69) is 0 Å². The smallest absolute Gasteiger partial charge is 0.193 e. The van der Waals surface area contributed by atoms with Crippen molar-refractivity contribution in [2.75, 3.05) is 14.2 Å². The highest BCUT2D eigenvalue weighted by Gasteiger charge is 2.31. The van der Waals surface area contributed by atoms with Crippen molar-refractivity contribution in [3.05, 3.63) is 53.1 Å². The Kier molecular flexibility index (Phi) is 6.89. The Labute approximate surface area is 169 Å². The lowest BCUT2D eigenvalue weighted by Crippen LogP contribution is -2.39. The van der Waals surface area contributed by atoms with Gasteiger partial charge in [0.25, 0.3) is 0 Å². The molecule has 0 saturated heterocycles. The van der Waals surface area contributed by atoms with Crippen LogP contribution in [0.2, 0.25) is 0 Å². The summed E-state index contributed by atoms with van der Waals surface area (Å²) in [6, 6.07) is 7.45. The highest BCUT2D eigenvalue weighted by atomic mass is 16.5. The largest absolute Gasteiger partial charge is 0.508 e. The average Bonchev–Trinajstić information content (AvgIpc) is 2.69. The third-order valence-corrected chi connectivity index (χ3v) is 4.86. The van der Waals surface area contributed by atoms with Crippen LogP contribution in [-0.4, -0.2) is 52.1 Å². The van der Waals surface area contributed by atoms with Gasteiger partial charge in [-0.2, -0.15) is 0 Å². The van der Waals surface area contributed by atoms with Crippen LogP contribution >= 0.6 is 0 Å². The first-order chi connectivity index (χ1) is 13.6. The third kappa shape index (κ3) is 5.07. The summed E-state index contributed by atoms with van der Waals surface area (Å²) in [5.41, 5.74) is -0.365. The lowest BCUT2D eigenvalue weighted by atomic mass is 9.92. The number of hydrogen-bond donors (Lipinski definition) is 4. The molecule has 156 valence electrons. The number of methoxy groups -OCH3 is 2. The second-order valence-electron chi connectivity index (χ2n) is 7.12. The zero-order valence-electron chi connectivity index (χ0n) is 16.8. The predicted octanol–water partition coefficient (Wildman–Crippen LogP) is 3.04. The van der Waals surface area contributed by atoms with Gasteiger partial charge in [-0.05, 0) is 37.6 Å². The number of benzene rings is 2. The van der Waals surface area contributed by atoms with Gasteiger partial charge >= 0.3 is 0 Å². The second kappa shape index (κ2) is 8.98. The van der Waals surface area contributed by atoms with Crippen LogP contribution in [0.15, 0.2) is 36.4 Å². The minimum atomic E-state index is -1.05. The number of rotatable bonds is 8. The van der Waals surface area contributed by atoms with Crippen molar-refractivity contribution in [3.8, 4) is 23.0 Å². The number of ether oxygens (including phenoxy) is 2. The molecule has 0 radical (unpaired) electrons. The number of phenolic OH excluding ortho intramolecular Hbond substituents is 3. The molecule has 0 aromatic heterocycles. The van der Waals surface area contributed by atoms with Crippen LogP contribution < -0.4 is 4.74 Å². The van der Waals surface area contributed by atoms with E-state index in [1.54, 1.807) is 26.0 Å². The van der Waals surface area contributed by atoms with Gasteiger partial charge in [0.05, 0.1) is 18.8 Å². The molecule has 0 amide bonds. The number of ketones is 1. The summed E-state index contributed by atoms with van der Waals surface area (Å²) >= 11 is 0. The van der Waals surface area contributed by atoms with Gasteiger partial charge in [-0.25, -0.2) is 0 Å². The first kappa shape index (κ1) is 22.3. The molecule has 1 atom stereocenters. The average molecular weight is 402 g/mol. The molecule has 0 fully saturated rings. The molecule has 7 heteroatoms. The van der Waals surface area contributed by atoms with Crippen LogP contribution in [0.25, 0.3) is 6.08 Å². The summed E-state index contributed by atoms with van der Waals surface area (Å²) in [6.45, 7) is 3.34. The molecule has 2 aromatic carbocycles. The molecule has 29 heavy (non-hydrogen) atoms. The number of aromatic hydroxyl groups is 3. The van der Waals surface area contributed by atoms with E-state index in [4.69, 9.17) is 9.47 Å². The molecule has 0 bridgehead atoms. The van der Waals surface area contributed by atoms with Gasteiger partial charge in [-0.15, -0.1) is 0 Å². The molecule has 0 aliphatic heterocycles. The van der Waals surface area contributed by atoms with Crippen molar-refractivity contribution < 1.29 is 34.7 Å². The molecule has 2 aromatic rings. The van der Waals surface area contributed by atoms with E-state index in [0.717, 1.165) is 0 Å². The van der Waals surface area contributed by atoms with Crippen LogP contribution in [0.4, 0.5) is 0 Å². The molecular weight excluding hydrogens is 376 g/mol. The van der Waals surface area contributed by atoms with Gasteiger partial charge in [0, 0.05) is 25.2 Å². The Balaban J connectivity index is 2.42. The topological polar surface area (TPSA) is 116 Å². The maximum atomic E-state index is 12.7. The van der Waals surface area contributed by atoms with Crippen LogP contribution in [0.5, 0.6) is 23.0 Å². The molecular formula is C22H26O7. The van der Waals surface area contributed by atoms with Gasteiger partial charge in [-0.3, -0.25) is 4.79 Å². The van der Waals surface area contributed by atoms with E-state index in [9.17, 15) is 25.2 Å². The number of aliphatic hydroxyl groups excluding tert-OH is 1. The minimum absolute atomic E-state index is 0.00426. The van der Waals surface area contributed by atoms with E-state index in [1.807, 2.05) is 0 Å². The van der Waals surface area contributed by atoms with Crippen LogP contribution in [0, 0.1) is 0 Å². The number of allylic oxidation sites excluding steroid dienone is 1. The summed E-state index contributed by atoms with van der Waals surface area (Å²) in [5, 5.41) is 40.7. The van der Waals surface area contributed by atoms with Crippen molar-refractivity contribution in [3.63, 3.8) is 0 Å². The van der Waals surface area contributed by atoms with Crippen molar-refractivity contribution in [2.45, 2.75) is 32.0 Å². The first-order valence-corrected chi connectivity index (χ1v) is 8.97. The Morgan fingerprint density at radius 3 is 2.31 bits per heavy atom. The SMILES string of the molecule is COc1cc(O)c(CC(O)C(C)(C)OC)c(O)c1C(=O)/C=C/c1ccc(O)cc1. The number of phenols is 3. The van der Waals surface area contributed by atoms with Crippen molar-refractivity contribution in [1.82, 2.24) is 0 Å². The lowest BCUT2D eigenvalue weighted by Gasteiger charge is -2.29. The molecule has 0 aliphatic carbocycles. The lowest BCUT2D eigenvalue weighted by molar-refractivity contribution is -0.0767. The molecule has 0 aliphatic rings. The molecule has 1 unspecified atom stereocenters. The van der Waals surface area contributed by atoms with Gasteiger partial charge < -0.3 is 29.9 Å². The van der Waals surface area contributed by atoms with Crippen LogP contribution in [-0.2, 0) is 11.2 Å². The van der Waals surface area contributed by atoms with Crippen molar-refractivity contribution in [1.29, 1.82) is 0 Å². The fourth-order valence-electron chi connectivity index (χ4n) is 2.69. The fraction of sp³-hybridized carbons (Fsp3) is 0.318. The third-order valence-electron chi connectivity index (χ3n) is 4.86. The fourth-order valence-corrected chi connectivity index (χ4v) is 2.69. The molecule has 0 saturated carbocycles. The Hall–Kier alpha value is -3.03. The molecule has 7 nitrogen and oxygen atoms in total. The highest BCUT2D eigenvalue weighted by Crippen LogP contribution is 2.40. The first-order valence-electron chi connectivity index (χ1n) is 8.97. The maximum absolute atomic E-state index is 12.7. The molecule has 4 N–H and O–H groups in total. The Morgan fingerprint density at radius 2 is 1.76 bits per heavy atom. The predicted molar refractivity (Wildman–Crippen MR) is 109 cm³/mol. The van der Waals surface area contributed by atoms with E-state index >= 15 is 0 Å². The number of hydrogen-bond acceptors (Lipinski definition) is 7. The summed E-state index contributed by atoms with van der Waals surface area (Å²) in [6.07, 6.45) is 1.59. The number of carbonyl (C=O) groups excluding carboxylic acids is 1. The second-order valence-corrected chi connectivity index (χ2v) is 7.12. The Morgan fingerprint density at radius 1 is 1.14 bits per heavy atom. The van der Waals surface area contributed by atoms with Crippen molar-refractivity contribution in [2.24, 2.45) is 0 Å². The van der Waals surface area contributed by atoms with Crippen LogP contribution in [0.1, 0.15) is 35.3 Å². The summed E-state index contributed by atoms with van der Waals surface area (Å²) < 4.78 is 10.4. The zero-order chi connectivity index (χ0) is 21.8. The van der Waals surface area contributed by atoms with Crippen molar-refractivity contribution >= 4 is 11.9 Å². The summed E-state index contributed by atoms with van der Waals surface area (Å²) in [7, 11) is 2.76. The van der Waals surface area contributed by atoms with E-state index in [1.165, 1.54) is 44.6 Å². The standard InChI is InChI=1S/C22H26O7/c1-22(2,29-4)19(26)11-15-17(25)12-18(28-3)20(21(15)27)16(24)10-7-13-5-8-14(23)9-6-13/h5-10,12,19,23,25-27H,11H2,1-4H3/b10-7+. The van der Waals surface area contributed by atoms with Gasteiger partial charge in [0.1, 0.15) is 28.6 Å². The van der Waals surface area contributed by atoms with E-state index in [-0.39, 0.29) is 34.8 Å². The number of carbonyl (C=O) groups is 1. The minimum Gasteiger partial charge on any atom is -0.508 e. The Bertz CT molecular complexity index is 898. The van der Waals surface area contributed by atoms with E-state index in [0.29, 0.717) is 5.56 Å². The molecule has 0 spiro atoms.